The first-order valence-electron chi connectivity index (χ1n) is 7.26. The Kier molecular flexibility index (Phi) is 3.31. The van der Waals surface area contributed by atoms with E-state index in [1.54, 1.807) is 6.20 Å². The number of aromatic nitrogens is 2. The lowest BCUT2D eigenvalue weighted by atomic mass is 9.78. The van der Waals surface area contributed by atoms with Crippen molar-refractivity contribution in [3.63, 3.8) is 0 Å². The molecule has 2 aliphatic rings. The van der Waals surface area contributed by atoms with Gasteiger partial charge in [0, 0.05) is 25.3 Å². The molecule has 0 bridgehead atoms. The van der Waals surface area contributed by atoms with Crippen molar-refractivity contribution < 1.29 is 4.79 Å². The zero-order valence-corrected chi connectivity index (χ0v) is 11.5. The Bertz CT molecular complexity index is 454. The van der Waals surface area contributed by atoms with Gasteiger partial charge in [0.15, 0.2) is 0 Å². The van der Waals surface area contributed by atoms with E-state index in [1.807, 2.05) is 6.92 Å². The second-order valence-corrected chi connectivity index (χ2v) is 5.83. The van der Waals surface area contributed by atoms with Crippen molar-refractivity contribution in [3.8, 4) is 0 Å². The van der Waals surface area contributed by atoms with Gasteiger partial charge in [0.05, 0.1) is 17.3 Å². The normalized spacial score (nSPS) is 22.7. The number of H-pyrrole nitrogens is 1. The molecule has 1 spiro atoms. The Hall–Kier alpha value is -1.36. The first kappa shape index (κ1) is 12.7. The van der Waals surface area contributed by atoms with Crippen molar-refractivity contribution in [1.82, 2.24) is 20.4 Å². The molecule has 5 nitrogen and oxygen atoms in total. The van der Waals surface area contributed by atoms with Crippen LogP contribution >= 0.6 is 0 Å². The van der Waals surface area contributed by atoms with Gasteiger partial charge < -0.3 is 10.2 Å². The number of carbonyl (C=O) groups excluding carboxylic acids is 1. The molecule has 1 aromatic heterocycles. The molecule has 0 unspecified atom stereocenters. The Morgan fingerprint density at radius 3 is 2.84 bits per heavy atom. The van der Waals surface area contributed by atoms with Crippen molar-refractivity contribution in [2.45, 2.75) is 44.6 Å². The van der Waals surface area contributed by atoms with Gasteiger partial charge in [-0.05, 0) is 19.8 Å². The average molecular weight is 262 g/mol. The summed E-state index contributed by atoms with van der Waals surface area (Å²) >= 11 is 0. The van der Waals surface area contributed by atoms with Gasteiger partial charge in [-0.3, -0.25) is 9.89 Å². The molecule has 1 saturated heterocycles. The van der Waals surface area contributed by atoms with E-state index in [9.17, 15) is 4.79 Å². The van der Waals surface area contributed by atoms with Crippen LogP contribution in [0.25, 0.3) is 0 Å². The number of aryl methyl sites for hydroxylation is 1. The highest BCUT2D eigenvalue weighted by molar-refractivity contribution is 5.95. The summed E-state index contributed by atoms with van der Waals surface area (Å²) in [6, 6.07) is 0. The standard InChI is InChI=1S/C14H22N4O/c1-11-12(9-16-17-11)13(19)18-8-7-15-10-14(18)5-3-2-4-6-14/h9,15H,2-8,10H2,1H3,(H,16,17). The minimum Gasteiger partial charge on any atom is -0.330 e. The number of aromatic amines is 1. The molecule has 5 heteroatoms. The van der Waals surface area contributed by atoms with Crippen LogP contribution in [-0.2, 0) is 0 Å². The molecule has 104 valence electrons. The van der Waals surface area contributed by atoms with E-state index < -0.39 is 0 Å². The molecule has 2 fully saturated rings. The smallest absolute Gasteiger partial charge is 0.257 e. The number of nitrogens with one attached hydrogen (secondary N) is 2. The lowest BCUT2D eigenvalue weighted by molar-refractivity contribution is 0.0222. The van der Waals surface area contributed by atoms with E-state index in [0.717, 1.165) is 43.7 Å². The molecule has 3 rings (SSSR count). The number of nitrogens with zero attached hydrogens (tertiary/aromatic N) is 2. The van der Waals surface area contributed by atoms with Crippen molar-refractivity contribution in [2.24, 2.45) is 0 Å². The lowest BCUT2D eigenvalue weighted by Crippen LogP contribution is -2.63. The van der Waals surface area contributed by atoms with Gasteiger partial charge in [-0.25, -0.2) is 0 Å². The van der Waals surface area contributed by atoms with Crippen molar-refractivity contribution in [2.75, 3.05) is 19.6 Å². The molecule has 0 atom stereocenters. The van der Waals surface area contributed by atoms with E-state index in [1.165, 1.54) is 19.3 Å². The maximum Gasteiger partial charge on any atom is 0.257 e. The fourth-order valence-electron chi connectivity index (χ4n) is 3.53. The lowest BCUT2D eigenvalue weighted by Gasteiger charge is -2.49. The van der Waals surface area contributed by atoms with Crippen LogP contribution in [0, 0.1) is 6.92 Å². The summed E-state index contributed by atoms with van der Waals surface area (Å²) in [5.41, 5.74) is 1.64. The Labute approximate surface area is 113 Å². The van der Waals surface area contributed by atoms with Gasteiger partial charge in [-0.1, -0.05) is 19.3 Å². The highest BCUT2D eigenvalue weighted by atomic mass is 16.2. The molecule has 1 aliphatic heterocycles. The van der Waals surface area contributed by atoms with Crippen LogP contribution in [0.5, 0.6) is 0 Å². The van der Waals surface area contributed by atoms with Gasteiger partial charge in [0.2, 0.25) is 0 Å². The summed E-state index contributed by atoms with van der Waals surface area (Å²) in [5.74, 6) is 0.148. The van der Waals surface area contributed by atoms with Crippen LogP contribution in [0.1, 0.15) is 48.2 Å². The number of carbonyl (C=O) groups is 1. The molecular weight excluding hydrogens is 240 g/mol. The third-order valence-electron chi connectivity index (χ3n) is 4.63. The first-order valence-corrected chi connectivity index (χ1v) is 7.26. The summed E-state index contributed by atoms with van der Waals surface area (Å²) in [7, 11) is 0. The predicted octanol–water partition coefficient (Wildman–Crippen LogP) is 1.47. The second kappa shape index (κ2) is 4.96. The third-order valence-corrected chi connectivity index (χ3v) is 4.63. The summed E-state index contributed by atoms with van der Waals surface area (Å²) in [4.78, 5) is 14.9. The summed E-state index contributed by atoms with van der Waals surface area (Å²) in [6.45, 7) is 4.56. The number of rotatable bonds is 1. The van der Waals surface area contributed by atoms with Crippen LogP contribution in [0.3, 0.4) is 0 Å². The third kappa shape index (κ3) is 2.16. The van der Waals surface area contributed by atoms with Crippen LogP contribution in [-0.4, -0.2) is 46.2 Å². The van der Waals surface area contributed by atoms with Gasteiger partial charge in [-0.2, -0.15) is 5.10 Å². The van der Waals surface area contributed by atoms with Gasteiger partial charge >= 0.3 is 0 Å². The maximum atomic E-state index is 12.8. The molecule has 1 saturated carbocycles. The van der Waals surface area contributed by atoms with Crippen LogP contribution < -0.4 is 5.32 Å². The van der Waals surface area contributed by atoms with E-state index in [0.29, 0.717) is 0 Å². The van der Waals surface area contributed by atoms with Crippen LogP contribution in [0.15, 0.2) is 6.20 Å². The number of amides is 1. The SMILES string of the molecule is Cc1[nH]ncc1C(=O)N1CCNCC12CCCCC2. The Morgan fingerprint density at radius 1 is 1.37 bits per heavy atom. The van der Waals surface area contributed by atoms with Crippen LogP contribution in [0.4, 0.5) is 0 Å². The number of hydrogen-bond acceptors (Lipinski definition) is 3. The van der Waals surface area contributed by atoms with E-state index in [2.05, 4.69) is 20.4 Å². The molecule has 0 radical (unpaired) electrons. The molecule has 2 heterocycles. The topological polar surface area (TPSA) is 61.0 Å². The first-order chi connectivity index (χ1) is 9.23. The summed E-state index contributed by atoms with van der Waals surface area (Å²) in [5, 5.41) is 10.3. The van der Waals surface area contributed by atoms with Crippen LogP contribution in [0.2, 0.25) is 0 Å². The van der Waals surface area contributed by atoms with Crippen molar-refractivity contribution in [1.29, 1.82) is 0 Å². The highest BCUT2D eigenvalue weighted by Gasteiger charge is 2.42. The molecule has 0 aromatic carbocycles. The highest BCUT2D eigenvalue weighted by Crippen LogP contribution is 2.35. The minimum absolute atomic E-state index is 0.0390. The quantitative estimate of drug-likeness (QED) is 0.805. The Balaban J connectivity index is 1.88. The molecule has 1 aromatic rings. The zero-order valence-electron chi connectivity index (χ0n) is 11.5. The molecular formula is C14H22N4O. The fourth-order valence-corrected chi connectivity index (χ4v) is 3.53. The Morgan fingerprint density at radius 2 is 2.16 bits per heavy atom. The fraction of sp³-hybridized carbons (Fsp3) is 0.714. The monoisotopic (exact) mass is 262 g/mol. The summed E-state index contributed by atoms with van der Waals surface area (Å²) in [6.07, 6.45) is 7.68. The molecule has 1 aliphatic carbocycles. The number of hydrogen-bond donors (Lipinski definition) is 2. The zero-order chi connectivity index (χ0) is 13.3. The largest absolute Gasteiger partial charge is 0.330 e. The molecule has 19 heavy (non-hydrogen) atoms. The predicted molar refractivity (Wildman–Crippen MR) is 73.0 cm³/mol. The van der Waals surface area contributed by atoms with E-state index >= 15 is 0 Å². The van der Waals surface area contributed by atoms with Crippen molar-refractivity contribution >= 4 is 5.91 Å². The van der Waals surface area contributed by atoms with E-state index in [-0.39, 0.29) is 11.4 Å². The summed E-state index contributed by atoms with van der Waals surface area (Å²) < 4.78 is 0. The maximum absolute atomic E-state index is 12.8. The molecule has 2 N–H and O–H groups in total. The molecule has 1 amide bonds. The number of piperazine rings is 1. The van der Waals surface area contributed by atoms with Gasteiger partial charge in [0.25, 0.3) is 5.91 Å². The second-order valence-electron chi connectivity index (χ2n) is 5.83. The van der Waals surface area contributed by atoms with Gasteiger partial charge in [-0.15, -0.1) is 0 Å². The average Bonchev–Trinajstić information content (AvgIpc) is 2.86. The van der Waals surface area contributed by atoms with E-state index in [4.69, 9.17) is 0 Å². The minimum atomic E-state index is 0.0390. The van der Waals surface area contributed by atoms with Gasteiger partial charge in [0.1, 0.15) is 0 Å². The van der Waals surface area contributed by atoms with Crippen molar-refractivity contribution in [3.05, 3.63) is 17.5 Å².